The molecule has 3 aromatic heterocycles. The Morgan fingerprint density at radius 1 is 1.07 bits per heavy atom. The fourth-order valence-corrected chi connectivity index (χ4v) is 3.74. The van der Waals surface area contributed by atoms with E-state index in [1.54, 1.807) is 30.6 Å². The molecule has 9 nitrogen and oxygen atoms in total. The average Bonchev–Trinajstić information content (AvgIpc) is 3.14. The molecule has 0 saturated heterocycles. The van der Waals surface area contributed by atoms with Crippen LogP contribution in [0.15, 0.2) is 54.9 Å². The summed E-state index contributed by atoms with van der Waals surface area (Å²) in [5.41, 5.74) is 12.3. The van der Waals surface area contributed by atoms with Crippen LogP contribution in [-0.4, -0.2) is 19.9 Å². The van der Waals surface area contributed by atoms with Crippen LogP contribution in [0.1, 0.15) is 10.7 Å². The molecule has 6 N–H and O–H groups in total. The first kappa shape index (κ1) is 19.6. The van der Waals surface area contributed by atoms with Crippen LogP contribution in [0, 0.1) is 6.92 Å². The van der Waals surface area contributed by atoms with Gasteiger partial charge in [-0.25, -0.2) is 19.9 Å². The lowest BCUT2D eigenvalue weighted by Crippen LogP contribution is -2.09. The van der Waals surface area contributed by atoms with E-state index in [9.17, 15) is 0 Å². The number of thiazole rings is 1. The van der Waals surface area contributed by atoms with Gasteiger partial charge in [0.05, 0.1) is 27.6 Å². The lowest BCUT2D eigenvalue weighted by Gasteiger charge is -2.10. The zero-order chi connectivity index (χ0) is 20.9. The van der Waals surface area contributed by atoms with Crippen LogP contribution < -0.4 is 27.1 Å². The molecule has 0 spiro atoms. The van der Waals surface area contributed by atoms with Gasteiger partial charge in [-0.1, -0.05) is 6.07 Å². The molecule has 0 aliphatic carbocycles. The van der Waals surface area contributed by atoms with Crippen LogP contribution in [0.3, 0.4) is 0 Å². The molecule has 0 fully saturated rings. The molecule has 152 valence electrons. The van der Waals surface area contributed by atoms with Gasteiger partial charge in [0.1, 0.15) is 17.4 Å². The van der Waals surface area contributed by atoms with E-state index in [2.05, 4.69) is 25.7 Å². The average molecular weight is 421 g/mol. The van der Waals surface area contributed by atoms with E-state index < -0.39 is 0 Å². The molecule has 10 heteroatoms. The summed E-state index contributed by atoms with van der Waals surface area (Å²) in [5, 5.41) is 4.09. The van der Waals surface area contributed by atoms with E-state index in [0.29, 0.717) is 29.8 Å². The third-order valence-electron chi connectivity index (χ3n) is 4.17. The van der Waals surface area contributed by atoms with Crippen molar-refractivity contribution >= 4 is 34.2 Å². The molecule has 0 unspecified atom stereocenters. The number of nitrogens with one attached hydrogen (secondary N) is 2. The van der Waals surface area contributed by atoms with Crippen LogP contribution in [0.4, 0.5) is 22.9 Å². The van der Waals surface area contributed by atoms with Gasteiger partial charge in [-0.05, 0) is 43.3 Å². The number of aromatic nitrogens is 4. The summed E-state index contributed by atoms with van der Waals surface area (Å²) in [4.78, 5) is 18.4. The minimum absolute atomic E-state index is 0.300. The number of ether oxygens (including phenoxy) is 1. The zero-order valence-corrected chi connectivity index (χ0v) is 17.0. The molecule has 4 rings (SSSR count). The molecule has 3 heterocycles. The number of anilines is 4. The first-order chi connectivity index (χ1) is 14.6. The molecule has 0 aliphatic heterocycles. The number of rotatable bonds is 7. The first-order valence-corrected chi connectivity index (χ1v) is 9.91. The number of hydrazine groups is 1. The number of hydrogen-bond donors (Lipinski definition) is 4. The highest BCUT2D eigenvalue weighted by molar-refractivity contribution is 7.15. The molecule has 0 radical (unpaired) electrons. The van der Waals surface area contributed by atoms with Crippen molar-refractivity contribution in [2.75, 3.05) is 16.5 Å². The number of hydrogen-bond acceptors (Lipinski definition) is 10. The minimum Gasteiger partial charge on any atom is -0.456 e. The minimum atomic E-state index is 0.300. The van der Waals surface area contributed by atoms with Crippen molar-refractivity contribution in [3.8, 4) is 16.6 Å². The number of aryl methyl sites for hydroxylation is 1. The number of nitrogens with two attached hydrogens (primary N) is 2. The van der Waals surface area contributed by atoms with E-state index in [1.807, 2.05) is 31.2 Å². The number of pyridine rings is 1. The maximum absolute atomic E-state index is 5.97. The van der Waals surface area contributed by atoms with Gasteiger partial charge in [0.2, 0.25) is 0 Å². The van der Waals surface area contributed by atoms with Gasteiger partial charge in [-0.2, -0.15) is 0 Å². The molecule has 0 aliphatic rings. The molecule has 4 aromatic rings. The quantitative estimate of drug-likeness (QED) is 0.201. The van der Waals surface area contributed by atoms with Gasteiger partial charge >= 0.3 is 6.01 Å². The maximum atomic E-state index is 5.97. The molecule has 30 heavy (non-hydrogen) atoms. The normalized spacial score (nSPS) is 10.6. The van der Waals surface area contributed by atoms with Crippen molar-refractivity contribution in [2.24, 2.45) is 5.84 Å². The fraction of sp³-hybridized carbons (Fsp3) is 0.100. The highest BCUT2D eigenvalue weighted by Gasteiger charge is 2.13. The summed E-state index contributed by atoms with van der Waals surface area (Å²) >= 11 is 1.53. The van der Waals surface area contributed by atoms with Crippen LogP contribution >= 0.6 is 11.3 Å². The second-order valence-electron chi connectivity index (χ2n) is 6.32. The van der Waals surface area contributed by atoms with Gasteiger partial charge in [-0.15, -0.1) is 11.3 Å². The summed E-state index contributed by atoms with van der Waals surface area (Å²) in [6.45, 7) is 2.25. The number of benzene rings is 1. The Hall–Kier alpha value is -3.76. The molecule has 0 bridgehead atoms. The summed E-state index contributed by atoms with van der Waals surface area (Å²) in [6, 6.07) is 13.3. The third-order valence-corrected chi connectivity index (χ3v) is 5.32. The van der Waals surface area contributed by atoms with Crippen LogP contribution in [-0.2, 0) is 6.61 Å². The van der Waals surface area contributed by atoms with Gasteiger partial charge < -0.3 is 21.2 Å². The summed E-state index contributed by atoms with van der Waals surface area (Å²) in [7, 11) is 0. The van der Waals surface area contributed by atoms with Crippen molar-refractivity contribution in [3.63, 3.8) is 0 Å². The van der Waals surface area contributed by atoms with E-state index in [1.165, 1.54) is 11.3 Å². The first-order valence-electron chi connectivity index (χ1n) is 9.09. The number of nitrogen functional groups attached to an aromatic ring is 2. The van der Waals surface area contributed by atoms with Crippen molar-refractivity contribution in [1.82, 2.24) is 19.9 Å². The van der Waals surface area contributed by atoms with E-state index in [0.717, 1.165) is 27.0 Å². The Morgan fingerprint density at radius 2 is 1.90 bits per heavy atom. The topological polar surface area (TPSA) is 137 Å². The summed E-state index contributed by atoms with van der Waals surface area (Å²) < 4.78 is 5.60. The standard InChI is InChI=1S/C20H20N8OS/c1-12-19(30-18(25-12)11-29-20-23-8-3-9-24-20)16-4-2-5-17(27-16)26-13-6-7-15(28-22)14(21)10-13/h2-10,28H,11,21-22H2,1H3,(H,26,27). The highest BCUT2D eigenvalue weighted by atomic mass is 32.1. The SMILES string of the molecule is Cc1nc(COc2ncccn2)sc1-c1cccc(Nc2ccc(NN)c(N)c2)n1. The lowest BCUT2D eigenvalue weighted by molar-refractivity contribution is 0.280. The van der Waals surface area contributed by atoms with Crippen molar-refractivity contribution in [3.05, 3.63) is 65.6 Å². The Labute approximate surface area is 177 Å². The summed E-state index contributed by atoms with van der Waals surface area (Å²) in [5.74, 6) is 6.12. The van der Waals surface area contributed by atoms with Crippen molar-refractivity contribution in [2.45, 2.75) is 13.5 Å². The predicted molar refractivity (Wildman–Crippen MR) is 118 cm³/mol. The molecule has 0 saturated carbocycles. The Bertz CT molecular complexity index is 1150. The molecule has 0 amide bonds. The molecule has 0 atom stereocenters. The largest absolute Gasteiger partial charge is 0.456 e. The van der Waals surface area contributed by atoms with E-state index in [-0.39, 0.29) is 0 Å². The molecular formula is C20H20N8OS. The van der Waals surface area contributed by atoms with Gasteiger partial charge in [-0.3, -0.25) is 5.84 Å². The van der Waals surface area contributed by atoms with Crippen LogP contribution in [0.2, 0.25) is 0 Å². The molecular weight excluding hydrogens is 400 g/mol. The number of nitrogens with zero attached hydrogens (tertiary/aromatic N) is 4. The van der Waals surface area contributed by atoms with Crippen molar-refractivity contribution in [1.29, 1.82) is 0 Å². The van der Waals surface area contributed by atoms with E-state index >= 15 is 0 Å². The highest BCUT2D eigenvalue weighted by Crippen LogP contribution is 2.31. The van der Waals surface area contributed by atoms with Crippen LogP contribution in [0.5, 0.6) is 6.01 Å². The molecule has 1 aromatic carbocycles. The third kappa shape index (κ3) is 4.45. The second-order valence-corrected chi connectivity index (χ2v) is 7.41. The van der Waals surface area contributed by atoms with Gasteiger partial charge in [0.25, 0.3) is 0 Å². The van der Waals surface area contributed by atoms with E-state index in [4.69, 9.17) is 21.3 Å². The maximum Gasteiger partial charge on any atom is 0.316 e. The van der Waals surface area contributed by atoms with Crippen molar-refractivity contribution < 1.29 is 4.74 Å². The Balaban J connectivity index is 1.51. The predicted octanol–water partition coefficient (Wildman–Crippen LogP) is 3.49. The summed E-state index contributed by atoms with van der Waals surface area (Å²) in [6.07, 6.45) is 3.27. The fourth-order valence-electron chi connectivity index (χ4n) is 2.79. The van der Waals surface area contributed by atoms with Crippen LogP contribution in [0.25, 0.3) is 10.6 Å². The second kappa shape index (κ2) is 8.72. The van der Waals surface area contributed by atoms with Gasteiger partial charge in [0, 0.05) is 18.1 Å². The Morgan fingerprint density at radius 3 is 2.67 bits per heavy atom. The smallest absolute Gasteiger partial charge is 0.316 e. The lowest BCUT2D eigenvalue weighted by atomic mass is 10.2. The Kier molecular flexibility index (Phi) is 5.68. The monoisotopic (exact) mass is 420 g/mol. The van der Waals surface area contributed by atoms with Gasteiger partial charge in [0.15, 0.2) is 0 Å². The zero-order valence-electron chi connectivity index (χ0n) is 16.2.